The molecule has 1 unspecified atom stereocenters. The number of benzene rings is 2. The minimum atomic E-state index is -2.61. The van der Waals surface area contributed by atoms with Crippen molar-refractivity contribution >= 4 is 18.7 Å². The van der Waals surface area contributed by atoms with Gasteiger partial charge in [-0.05, 0) is 47.5 Å². The first-order valence-electron chi connectivity index (χ1n) is 12.3. The predicted molar refractivity (Wildman–Crippen MR) is 146 cm³/mol. The lowest BCUT2D eigenvalue weighted by Gasteiger charge is -2.45. The summed E-state index contributed by atoms with van der Waals surface area (Å²) >= 11 is 0. The summed E-state index contributed by atoms with van der Waals surface area (Å²) in [5, 5.41) is 12.3. The summed E-state index contributed by atoms with van der Waals surface area (Å²) in [5.41, 5.74) is 0. The van der Waals surface area contributed by atoms with Crippen LogP contribution < -0.4 is 10.4 Å². The molecule has 0 aromatic heterocycles. The third kappa shape index (κ3) is 7.96. The highest BCUT2D eigenvalue weighted by Gasteiger charge is 2.51. The largest absolute Gasteiger partial charge is 0.404 e. The monoisotopic (exact) mass is 462 g/mol. The second-order valence-electron chi connectivity index (χ2n) is 9.44. The maximum Gasteiger partial charge on any atom is 0.261 e. The Labute approximate surface area is 202 Å². The topological polar surface area (TPSA) is 29.5 Å². The van der Waals surface area contributed by atoms with Crippen LogP contribution in [0, 0.1) is 0 Å². The molecule has 2 nitrogen and oxygen atoms in total. The summed E-state index contributed by atoms with van der Waals surface area (Å²) in [7, 11) is -2.61. The van der Waals surface area contributed by atoms with Gasteiger partial charge in [0.25, 0.3) is 8.32 Å². The van der Waals surface area contributed by atoms with Crippen molar-refractivity contribution in [1.29, 1.82) is 0 Å². The first kappa shape index (κ1) is 27.0. The smallest absolute Gasteiger partial charge is 0.261 e. The molecule has 0 saturated heterocycles. The van der Waals surface area contributed by atoms with E-state index in [1.807, 2.05) is 0 Å². The van der Waals surface area contributed by atoms with Crippen molar-refractivity contribution in [2.75, 3.05) is 6.61 Å². The van der Waals surface area contributed by atoms with E-state index in [9.17, 15) is 5.11 Å². The minimum absolute atomic E-state index is 0.0333. The van der Waals surface area contributed by atoms with Crippen molar-refractivity contribution in [3.05, 3.63) is 97.1 Å². The van der Waals surface area contributed by atoms with Gasteiger partial charge in [0.1, 0.15) is 0 Å². The van der Waals surface area contributed by atoms with Gasteiger partial charge in [0, 0.05) is 6.61 Å². The predicted octanol–water partition coefficient (Wildman–Crippen LogP) is 6.56. The molecule has 0 bridgehead atoms. The van der Waals surface area contributed by atoms with Gasteiger partial charge in [0.2, 0.25) is 0 Å². The molecular formula is C30H42O2Si. The zero-order valence-corrected chi connectivity index (χ0v) is 21.9. The van der Waals surface area contributed by atoms with Gasteiger partial charge in [0.15, 0.2) is 0 Å². The standard InChI is InChI=1S/C30H42O2Si/c1-5-6-7-8-9-10-11-12-15-20-27(25-26-31)32-33(30(2,3)4,28-21-16-13-17-22-28)29-23-18-14-19-24-29/h6-7,9-10,12-19,21-24,27,31H,5,8,11,20,25-26H2,1-4H3/b7-6-,10-9-,15-12-. The number of allylic oxidation sites excluding steroid dienone is 5. The summed E-state index contributed by atoms with van der Waals surface area (Å²) in [4.78, 5) is 0. The van der Waals surface area contributed by atoms with Crippen LogP contribution in [0.3, 0.4) is 0 Å². The van der Waals surface area contributed by atoms with E-state index < -0.39 is 8.32 Å². The summed E-state index contributed by atoms with van der Waals surface area (Å²) in [5.74, 6) is 0. The fraction of sp³-hybridized carbons (Fsp3) is 0.400. The van der Waals surface area contributed by atoms with Gasteiger partial charge in [-0.1, -0.05) is 125 Å². The Morgan fingerprint density at radius 3 is 1.73 bits per heavy atom. The summed E-state index contributed by atoms with van der Waals surface area (Å²) in [6.45, 7) is 9.16. The first-order chi connectivity index (χ1) is 16.0. The molecule has 2 aromatic carbocycles. The molecule has 0 aliphatic rings. The zero-order valence-electron chi connectivity index (χ0n) is 20.9. The van der Waals surface area contributed by atoms with Gasteiger partial charge >= 0.3 is 0 Å². The van der Waals surface area contributed by atoms with Gasteiger partial charge in [-0.15, -0.1) is 0 Å². The lowest BCUT2D eigenvalue weighted by Crippen LogP contribution is -2.67. The number of aliphatic hydroxyl groups is 1. The Balaban J connectivity index is 2.27. The van der Waals surface area contributed by atoms with Crippen LogP contribution in [-0.4, -0.2) is 26.1 Å². The van der Waals surface area contributed by atoms with Crippen molar-refractivity contribution in [3.63, 3.8) is 0 Å². The average molecular weight is 463 g/mol. The van der Waals surface area contributed by atoms with E-state index in [0.29, 0.717) is 6.42 Å². The van der Waals surface area contributed by atoms with Crippen molar-refractivity contribution < 1.29 is 9.53 Å². The molecule has 0 saturated carbocycles. The molecule has 0 heterocycles. The lowest BCUT2D eigenvalue weighted by molar-refractivity contribution is 0.146. The number of hydrogen-bond donors (Lipinski definition) is 1. The van der Waals surface area contributed by atoms with Crippen molar-refractivity contribution in [2.24, 2.45) is 0 Å². The van der Waals surface area contributed by atoms with E-state index in [0.717, 1.165) is 25.7 Å². The fourth-order valence-electron chi connectivity index (χ4n) is 4.27. The van der Waals surface area contributed by atoms with Crippen molar-refractivity contribution in [3.8, 4) is 0 Å². The Kier molecular flexibility index (Phi) is 11.6. The average Bonchev–Trinajstić information content (AvgIpc) is 2.81. The second kappa shape index (κ2) is 14.1. The Bertz CT molecular complexity index is 824. The molecular weight excluding hydrogens is 420 g/mol. The van der Waals surface area contributed by atoms with E-state index in [2.05, 4.69) is 125 Å². The van der Waals surface area contributed by atoms with Crippen LogP contribution in [0.15, 0.2) is 97.1 Å². The molecule has 0 radical (unpaired) electrons. The van der Waals surface area contributed by atoms with Crippen LogP contribution in [0.25, 0.3) is 0 Å². The highest BCUT2D eigenvalue weighted by Crippen LogP contribution is 2.38. The highest BCUT2D eigenvalue weighted by molar-refractivity contribution is 6.99. The van der Waals surface area contributed by atoms with E-state index in [1.54, 1.807) is 0 Å². The second-order valence-corrected chi connectivity index (χ2v) is 13.7. The third-order valence-electron chi connectivity index (χ3n) is 5.89. The highest BCUT2D eigenvalue weighted by atomic mass is 28.4. The lowest BCUT2D eigenvalue weighted by atomic mass is 10.2. The van der Waals surface area contributed by atoms with E-state index >= 15 is 0 Å². The molecule has 3 heteroatoms. The third-order valence-corrected chi connectivity index (χ3v) is 11.0. The zero-order chi connectivity index (χ0) is 24.0. The number of hydrogen-bond acceptors (Lipinski definition) is 2. The van der Waals surface area contributed by atoms with Gasteiger partial charge in [-0.25, -0.2) is 0 Å². The van der Waals surface area contributed by atoms with Crippen molar-refractivity contribution in [2.45, 2.75) is 70.9 Å². The first-order valence-corrected chi connectivity index (χ1v) is 14.2. The molecule has 1 atom stereocenters. The molecule has 1 N–H and O–H groups in total. The molecule has 0 fully saturated rings. The van der Waals surface area contributed by atoms with Crippen LogP contribution in [0.5, 0.6) is 0 Å². The van der Waals surface area contributed by atoms with Crippen LogP contribution in [0.2, 0.25) is 5.04 Å². The van der Waals surface area contributed by atoms with Crippen LogP contribution >= 0.6 is 0 Å². The van der Waals surface area contributed by atoms with Crippen LogP contribution in [-0.2, 0) is 4.43 Å². The molecule has 2 rings (SSSR count). The van der Waals surface area contributed by atoms with E-state index in [1.165, 1.54) is 10.4 Å². The summed E-state index contributed by atoms with van der Waals surface area (Å²) in [6, 6.07) is 21.4. The molecule has 0 spiro atoms. The summed E-state index contributed by atoms with van der Waals surface area (Å²) in [6.07, 6.45) is 17.6. The molecule has 0 aliphatic carbocycles. The fourth-order valence-corrected chi connectivity index (χ4v) is 9.00. The maximum absolute atomic E-state index is 9.81. The van der Waals surface area contributed by atoms with Gasteiger partial charge < -0.3 is 9.53 Å². The van der Waals surface area contributed by atoms with Gasteiger partial charge in [-0.3, -0.25) is 0 Å². The Morgan fingerprint density at radius 2 is 1.27 bits per heavy atom. The maximum atomic E-state index is 9.81. The summed E-state index contributed by atoms with van der Waals surface area (Å²) < 4.78 is 7.19. The van der Waals surface area contributed by atoms with E-state index in [4.69, 9.17) is 4.43 Å². The van der Waals surface area contributed by atoms with Gasteiger partial charge in [0.05, 0.1) is 6.10 Å². The minimum Gasteiger partial charge on any atom is -0.404 e. The molecule has 33 heavy (non-hydrogen) atoms. The Morgan fingerprint density at radius 1 is 0.788 bits per heavy atom. The van der Waals surface area contributed by atoms with Crippen molar-refractivity contribution in [1.82, 2.24) is 0 Å². The normalized spacial score (nSPS) is 14.0. The number of aliphatic hydroxyl groups excluding tert-OH is 1. The van der Waals surface area contributed by atoms with E-state index in [-0.39, 0.29) is 17.7 Å². The van der Waals surface area contributed by atoms with Gasteiger partial charge in [-0.2, -0.15) is 0 Å². The van der Waals surface area contributed by atoms with Crippen LogP contribution in [0.1, 0.15) is 59.8 Å². The molecule has 0 amide bonds. The molecule has 178 valence electrons. The quantitative estimate of drug-likeness (QED) is 0.270. The molecule has 0 aliphatic heterocycles. The van der Waals surface area contributed by atoms with Crippen LogP contribution in [0.4, 0.5) is 0 Å². The molecule has 2 aromatic rings. The Hall–Kier alpha value is -2.20. The SMILES string of the molecule is CC/C=C\C/C=C\C/C=C\CC(CCO)O[Si](c1ccccc1)(c1ccccc1)C(C)(C)C. The number of rotatable bonds is 13.